The van der Waals surface area contributed by atoms with Gasteiger partial charge in [-0.3, -0.25) is 4.79 Å². The second-order valence-corrected chi connectivity index (χ2v) is 7.41. The van der Waals surface area contributed by atoms with Crippen molar-refractivity contribution in [3.8, 4) is 0 Å². The summed E-state index contributed by atoms with van der Waals surface area (Å²) in [5, 5.41) is 11.7. The molecule has 0 aromatic heterocycles. The molecule has 122 valence electrons. The summed E-state index contributed by atoms with van der Waals surface area (Å²) in [5.41, 5.74) is 0. The van der Waals surface area contributed by atoms with Crippen LogP contribution >= 0.6 is 11.6 Å². The number of hydrogen-bond acceptors (Lipinski definition) is 4. The van der Waals surface area contributed by atoms with Crippen LogP contribution in [0.5, 0.6) is 0 Å². The van der Waals surface area contributed by atoms with Gasteiger partial charge in [-0.2, -0.15) is 0 Å². The Kier molecular flexibility index (Phi) is 6.37. The zero-order chi connectivity index (χ0) is 16.9. The van der Waals surface area contributed by atoms with Crippen molar-refractivity contribution in [1.82, 2.24) is 5.32 Å². The van der Waals surface area contributed by atoms with Crippen molar-refractivity contribution < 1.29 is 23.1 Å². The summed E-state index contributed by atoms with van der Waals surface area (Å²) in [4.78, 5) is 22.9. The molecule has 0 aliphatic carbocycles. The number of carbonyl (C=O) groups is 2. The lowest BCUT2D eigenvalue weighted by Gasteiger charge is -2.20. The summed E-state index contributed by atoms with van der Waals surface area (Å²) in [6, 6.07) is 4.30. The van der Waals surface area contributed by atoms with Gasteiger partial charge in [-0.05, 0) is 30.2 Å². The van der Waals surface area contributed by atoms with E-state index in [2.05, 4.69) is 5.32 Å². The Balaban J connectivity index is 2.82. The van der Waals surface area contributed by atoms with Crippen molar-refractivity contribution in [3.63, 3.8) is 0 Å². The van der Waals surface area contributed by atoms with Crippen LogP contribution in [0, 0.1) is 5.92 Å². The molecule has 0 radical (unpaired) electrons. The van der Waals surface area contributed by atoms with E-state index in [0.717, 1.165) is 0 Å². The third-order valence-electron chi connectivity index (χ3n) is 3.29. The largest absolute Gasteiger partial charge is 0.480 e. The van der Waals surface area contributed by atoms with E-state index in [1.807, 2.05) is 0 Å². The quantitative estimate of drug-likeness (QED) is 0.782. The summed E-state index contributed by atoms with van der Waals surface area (Å²) in [5.74, 6) is -3.15. The summed E-state index contributed by atoms with van der Waals surface area (Å²) in [7, 11) is -3.84. The van der Waals surface area contributed by atoms with Gasteiger partial charge in [-0.1, -0.05) is 31.9 Å². The van der Waals surface area contributed by atoms with Gasteiger partial charge in [0, 0.05) is 5.02 Å². The molecule has 0 spiro atoms. The van der Waals surface area contributed by atoms with Crippen molar-refractivity contribution in [2.75, 3.05) is 5.75 Å². The number of carbonyl (C=O) groups excluding carboxylic acids is 1. The van der Waals surface area contributed by atoms with Gasteiger partial charge in [0.25, 0.3) is 0 Å². The van der Waals surface area contributed by atoms with Crippen LogP contribution < -0.4 is 5.32 Å². The van der Waals surface area contributed by atoms with Crippen molar-refractivity contribution in [2.24, 2.45) is 5.92 Å². The molecular formula is C14H18ClNO5S. The number of benzene rings is 1. The Morgan fingerprint density at radius 1 is 1.27 bits per heavy atom. The molecule has 0 aliphatic heterocycles. The first-order valence-corrected chi connectivity index (χ1v) is 8.71. The molecule has 0 saturated heterocycles. The number of nitrogens with one attached hydrogen (secondary N) is 1. The van der Waals surface area contributed by atoms with E-state index in [1.165, 1.54) is 24.3 Å². The van der Waals surface area contributed by atoms with Gasteiger partial charge in [0.05, 0.1) is 4.90 Å². The summed E-state index contributed by atoms with van der Waals surface area (Å²) in [6.07, 6.45) is 0.543. The first kappa shape index (κ1) is 18.4. The van der Waals surface area contributed by atoms with Crippen molar-refractivity contribution >= 4 is 33.3 Å². The minimum absolute atomic E-state index is 0.0394. The molecule has 2 unspecified atom stereocenters. The molecule has 2 atom stereocenters. The third kappa shape index (κ3) is 4.99. The smallest absolute Gasteiger partial charge is 0.326 e. The van der Waals surface area contributed by atoms with Crippen LogP contribution in [0.25, 0.3) is 0 Å². The Morgan fingerprint density at radius 2 is 1.82 bits per heavy atom. The topological polar surface area (TPSA) is 101 Å². The van der Waals surface area contributed by atoms with Gasteiger partial charge >= 0.3 is 5.97 Å². The molecule has 1 aromatic rings. The molecule has 6 nitrogen and oxygen atoms in total. The zero-order valence-electron chi connectivity index (χ0n) is 12.2. The monoisotopic (exact) mass is 347 g/mol. The molecule has 0 saturated carbocycles. The summed E-state index contributed by atoms with van der Waals surface area (Å²) >= 11 is 5.68. The van der Waals surface area contributed by atoms with Gasteiger partial charge < -0.3 is 10.4 Å². The first-order valence-electron chi connectivity index (χ1n) is 6.68. The highest BCUT2D eigenvalue weighted by atomic mass is 35.5. The number of rotatable bonds is 7. The number of halogens is 1. The molecule has 0 bridgehead atoms. The van der Waals surface area contributed by atoms with E-state index < -0.39 is 33.5 Å². The number of carboxylic acid groups (broad SMARTS) is 1. The fourth-order valence-corrected chi connectivity index (χ4v) is 3.07. The Morgan fingerprint density at radius 3 is 2.27 bits per heavy atom. The summed E-state index contributed by atoms with van der Waals surface area (Å²) < 4.78 is 24.2. The van der Waals surface area contributed by atoms with Crippen LogP contribution in [0.3, 0.4) is 0 Å². The minimum atomic E-state index is -3.84. The van der Waals surface area contributed by atoms with Crippen molar-refractivity contribution in [2.45, 2.75) is 31.2 Å². The Bertz CT molecular complexity index is 642. The predicted molar refractivity (Wildman–Crippen MR) is 82.5 cm³/mol. The fourth-order valence-electron chi connectivity index (χ4n) is 1.80. The number of carboxylic acids is 1. The molecule has 0 aliphatic rings. The van der Waals surface area contributed by atoms with E-state index in [1.54, 1.807) is 13.8 Å². The predicted octanol–water partition coefficient (Wildman–Crippen LogP) is 1.73. The maximum atomic E-state index is 12.1. The van der Waals surface area contributed by atoms with Gasteiger partial charge in [0.1, 0.15) is 11.8 Å². The van der Waals surface area contributed by atoms with Crippen LogP contribution in [0.2, 0.25) is 5.02 Å². The molecule has 1 amide bonds. The van der Waals surface area contributed by atoms with Crippen LogP contribution in [-0.4, -0.2) is 37.2 Å². The van der Waals surface area contributed by atoms with Gasteiger partial charge in [0.15, 0.2) is 9.84 Å². The second kappa shape index (κ2) is 7.60. The normalized spacial score (nSPS) is 14.1. The van der Waals surface area contributed by atoms with Gasteiger partial charge in [-0.25, -0.2) is 13.2 Å². The molecule has 8 heteroatoms. The molecule has 2 N–H and O–H groups in total. The van der Waals surface area contributed by atoms with Gasteiger partial charge in [-0.15, -0.1) is 0 Å². The molecule has 0 heterocycles. The van der Waals surface area contributed by atoms with Crippen LogP contribution in [0.15, 0.2) is 29.2 Å². The second-order valence-electron chi connectivity index (χ2n) is 4.98. The van der Waals surface area contributed by atoms with E-state index >= 15 is 0 Å². The average molecular weight is 348 g/mol. The lowest BCUT2D eigenvalue weighted by Crippen LogP contribution is -2.46. The number of sulfone groups is 1. The molecule has 0 fully saturated rings. The van der Waals surface area contributed by atoms with Crippen LogP contribution in [0.1, 0.15) is 20.3 Å². The standard InChI is InChI=1S/C14H18ClNO5S/c1-3-9(2)13(14(18)19)16-12(17)8-22(20,21)11-6-4-10(15)5-7-11/h4-7,9,13H,3,8H2,1-2H3,(H,16,17)(H,18,19). The van der Waals surface area contributed by atoms with E-state index in [0.29, 0.717) is 11.4 Å². The molecule has 1 rings (SSSR count). The molecule has 22 heavy (non-hydrogen) atoms. The Labute approximate surface area is 134 Å². The summed E-state index contributed by atoms with van der Waals surface area (Å²) in [6.45, 7) is 3.46. The van der Waals surface area contributed by atoms with Crippen LogP contribution in [0.4, 0.5) is 0 Å². The van der Waals surface area contributed by atoms with E-state index in [9.17, 15) is 18.0 Å². The van der Waals surface area contributed by atoms with Crippen molar-refractivity contribution in [3.05, 3.63) is 29.3 Å². The maximum absolute atomic E-state index is 12.1. The third-order valence-corrected chi connectivity index (χ3v) is 5.17. The highest BCUT2D eigenvalue weighted by molar-refractivity contribution is 7.92. The maximum Gasteiger partial charge on any atom is 0.326 e. The average Bonchev–Trinajstić information content (AvgIpc) is 2.43. The lowest BCUT2D eigenvalue weighted by molar-refractivity contribution is -0.143. The Hall–Kier alpha value is -1.60. The number of amides is 1. The molecular weight excluding hydrogens is 330 g/mol. The SMILES string of the molecule is CCC(C)C(NC(=O)CS(=O)(=O)c1ccc(Cl)cc1)C(=O)O. The molecule has 1 aromatic carbocycles. The highest BCUT2D eigenvalue weighted by Crippen LogP contribution is 2.15. The minimum Gasteiger partial charge on any atom is -0.480 e. The van der Waals surface area contributed by atoms with Gasteiger partial charge in [0.2, 0.25) is 5.91 Å². The van der Waals surface area contributed by atoms with Crippen LogP contribution in [-0.2, 0) is 19.4 Å². The first-order chi connectivity index (χ1) is 10.2. The number of hydrogen-bond donors (Lipinski definition) is 2. The zero-order valence-corrected chi connectivity index (χ0v) is 13.8. The fraction of sp³-hybridized carbons (Fsp3) is 0.429. The van der Waals surface area contributed by atoms with E-state index in [-0.39, 0.29) is 10.8 Å². The lowest BCUT2D eigenvalue weighted by atomic mass is 9.99. The van der Waals surface area contributed by atoms with Crippen molar-refractivity contribution in [1.29, 1.82) is 0 Å². The highest BCUT2D eigenvalue weighted by Gasteiger charge is 2.27. The number of aliphatic carboxylic acids is 1. The van der Waals surface area contributed by atoms with E-state index in [4.69, 9.17) is 16.7 Å².